The van der Waals surface area contributed by atoms with E-state index in [-0.39, 0.29) is 0 Å². The molecule has 0 bridgehead atoms. The molecule has 0 fully saturated rings. The fraction of sp³-hybridized carbons (Fsp3) is 0.500. The Hall–Kier alpha value is -0.840. The van der Waals surface area contributed by atoms with Crippen LogP contribution in [0, 0.1) is 20.8 Å². The SMILES string of the molecule is CCNCc1cc(Cn2nc(C)c(Cl)c2C)c(C)s1. The number of thiophene rings is 1. The number of hydrogen-bond acceptors (Lipinski definition) is 3. The maximum absolute atomic E-state index is 6.19. The zero-order valence-electron chi connectivity index (χ0n) is 11.9. The number of aromatic nitrogens is 2. The van der Waals surface area contributed by atoms with Crippen molar-refractivity contribution in [3.8, 4) is 0 Å². The minimum absolute atomic E-state index is 0.778. The van der Waals surface area contributed by atoms with E-state index in [0.717, 1.165) is 36.0 Å². The molecule has 0 amide bonds. The first kappa shape index (κ1) is 14.6. The number of aryl methyl sites for hydroxylation is 2. The second-order valence-electron chi connectivity index (χ2n) is 4.72. The Morgan fingerprint density at radius 2 is 2.11 bits per heavy atom. The summed E-state index contributed by atoms with van der Waals surface area (Å²) in [4.78, 5) is 2.73. The lowest BCUT2D eigenvalue weighted by molar-refractivity contribution is 0.657. The van der Waals surface area contributed by atoms with Crippen LogP contribution in [0.15, 0.2) is 6.07 Å². The number of nitrogens with one attached hydrogen (secondary N) is 1. The van der Waals surface area contributed by atoms with Crippen LogP contribution in [0.4, 0.5) is 0 Å². The molecule has 0 atom stereocenters. The molecule has 0 radical (unpaired) electrons. The Kier molecular flexibility index (Phi) is 4.66. The third kappa shape index (κ3) is 3.19. The van der Waals surface area contributed by atoms with Gasteiger partial charge in [0.25, 0.3) is 0 Å². The quantitative estimate of drug-likeness (QED) is 0.912. The highest BCUT2D eigenvalue weighted by Crippen LogP contribution is 2.25. The predicted octanol–water partition coefficient (Wildman–Crippen LogP) is 3.68. The van der Waals surface area contributed by atoms with Gasteiger partial charge in [-0.2, -0.15) is 5.10 Å². The van der Waals surface area contributed by atoms with Crippen LogP contribution >= 0.6 is 22.9 Å². The fourth-order valence-electron chi connectivity index (χ4n) is 2.07. The Morgan fingerprint density at radius 1 is 1.37 bits per heavy atom. The molecule has 2 aromatic heterocycles. The zero-order chi connectivity index (χ0) is 14.0. The van der Waals surface area contributed by atoms with Gasteiger partial charge in [-0.15, -0.1) is 11.3 Å². The average Bonchev–Trinajstić information content (AvgIpc) is 2.84. The first-order valence-electron chi connectivity index (χ1n) is 6.51. The molecule has 5 heteroatoms. The van der Waals surface area contributed by atoms with E-state index < -0.39 is 0 Å². The van der Waals surface area contributed by atoms with E-state index in [2.05, 4.69) is 30.3 Å². The summed E-state index contributed by atoms with van der Waals surface area (Å²) < 4.78 is 1.99. The molecule has 2 heterocycles. The molecular formula is C14H20ClN3S. The van der Waals surface area contributed by atoms with E-state index in [9.17, 15) is 0 Å². The summed E-state index contributed by atoms with van der Waals surface area (Å²) in [6, 6.07) is 2.27. The summed E-state index contributed by atoms with van der Waals surface area (Å²) in [5.74, 6) is 0. The molecule has 0 aromatic carbocycles. The van der Waals surface area contributed by atoms with E-state index in [1.807, 2.05) is 29.9 Å². The molecule has 0 aliphatic carbocycles. The minimum Gasteiger partial charge on any atom is -0.312 e. The van der Waals surface area contributed by atoms with Crippen molar-refractivity contribution in [2.45, 2.75) is 40.8 Å². The highest BCUT2D eigenvalue weighted by Gasteiger charge is 2.12. The lowest BCUT2D eigenvalue weighted by atomic mass is 10.2. The van der Waals surface area contributed by atoms with E-state index in [4.69, 9.17) is 11.6 Å². The largest absolute Gasteiger partial charge is 0.312 e. The fourth-order valence-corrected chi connectivity index (χ4v) is 3.23. The Morgan fingerprint density at radius 3 is 2.68 bits per heavy atom. The van der Waals surface area contributed by atoms with Gasteiger partial charge in [0, 0.05) is 16.3 Å². The Bertz CT molecular complexity index is 571. The molecule has 1 N–H and O–H groups in total. The third-order valence-corrected chi connectivity index (χ3v) is 4.87. The zero-order valence-corrected chi connectivity index (χ0v) is 13.5. The van der Waals surface area contributed by atoms with Gasteiger partial charge in [0.05, 0.1) is 23.0 Å². The van der Waals surface area contributed by atoms with Gasteiger partial charge in [-0.1, -0.05) is 18.5 Å². The molecule has 0 aliphatic heterocycles. The van der Waals surface area contributed by atoms with Gasteiger partial charge in [-0.3, -0.25) is 4.68 Å². The molecule has 0 saturated carbocycles. The van der Waals surface area contributed by atoms with Crippen molar-refractivity contribution < 1.29 is 0 Å². The molecule has 3 nitrogen and oxygen atoms in total. The van der Waals surface area contributed by atoms with Crippen LogP contribution in [0.1, 0.15) is 33.6 Å². The summed E-state index contributed by atoms with van der Waals surface area (Å²) in [5.41, 5.74) is 3.28. The van der Waals surface area contributed by atoms with Gasteiger partial charge >= 0.3 is 0 Å². The lowest BCUT2D eigenvalue weighted by Crippen LogP contribution is -2.10. The van der Waals surface area contributed by atoms with E-state index in [1.54, 1.807) is 0 Å². The Labute approximate surface area is 123 Å². The molecule has 2 rings (SSSR count). The van der Waals surface area contributed by atoms with Crippen molar-refractivity contribution in [2.75, 3.05) is 6.54 Å². The van der Waals surface area contributed by atoms with Crippen LogP contribution in [-0.4, -0.2) is 16.3 Å². The maximum atomic E-state index is 6.19. The van der Waals surface area contributed by atoms with Gasteiger partial charge in [-0.25, -0.2) is 0 Å². The molecule has 0 saturated heterocycles. The van der Waals surface area contributed by atoms with Crippen molar-refractivity contribution >= 4 is 22.9 Å². The Balaban J connectivity index is 2.18. The molecule has 19 heavy (non-hydrogen) atoms. The first-order chi connectivity index (χ1) is 9.02. The van der Waals surface area contributed by atoms with Crippen LogP contribution in [-0.2, 0) is 13.1 Å². The van der Waals surface area contributed by atoms with Crippen molar-refractivity contribution in [1.82, 2.24) is 15.1 Å². The standard InChI is InChI=1S/C14H20ClN3S/c1-5-16-7-13-6-12(11(4)19-13)8-18-10(3)14(15)9(2)17-18/h6,16H,5,7-8H2,1-4H3. The lowest BCUT2D eigenvalue weighted by Gasteiger charge is -2.03. The van der Waals surface area contributed by atoms with Crippen molar-refractivity contribution in [3.05, 3.63) is 37.8 Å². The summed E-state index contributed by atoms with van der Waals surface area (Å²) >= 11 is 8.04. The van der Waals surface area contributed by atoms with Gasteiger partial charge < -0.3 is 5.32 Å². The highest BCUT2D eigenvalue weighted by atomic mass is 35.5. The predicted molar refractivity (Wildman–Crippen MR) is 82.2 cm³/mol. The number of halogens is 1. The van der Waals surface area contributed by atoms with Gasteiger partial charge in [0.15, 0.2) is 0 Å². The van der Waals surface area contributed by atoms with Gasteiger partial charge in [0.2, 0.25) is 0 Å². The summed E-state index contributed by atoms with van der Waals surface area (Å²) in [5, 5.41) is 8.63. The molecule has 0 spiro atoms. The van der Waals surface area contributed by atoms with Crippen molar-refractivity contribution in [1.29, 1.82) is 0 Å². The van der Waals surface area contributed by atoms with Crippen LogP contribution < -0.4 is 5.32 Å². The smallest absolute Gasteiger partial charge is 0.0844 e. The van der Waals surface area contributed by atoms with Crippen LogP contribution in [0.2, 0.25) is 5.02 Å². The highest BCUT2D eigenvalue weighted by molar-refractivity contribution is 7.12. The van der Waals surface area contributed by atoms with Crippen molar-refractivity contribution in [2.24, 2.45) is 0 Å². The molecule has 2 aromatic rings. The van der Waals surface area contributed by atoms with Crippen LogP contribution in [0.5, 0.6) is 0 Å². The average molecular weight is 298 g/mol. The molecule has 0 aliphatic rings. The van der Waals surface area contributed by atoms with Crippen molar-refractivity contribution in [3.63, 3.8) is 0 Å². The van der Waals surface area contributed by atoms with Crippen LogP contribution in [0.25, 0.3) is 0 Å². The molecule has 0 unspecified atom stereocenters. The van der Waals surface area contributed by atoms with Gasteiger partial charge in [0.1, 0.15) is 0 Å². The van der Waals surface area contributed by atoms with Crippen LogP contribution in [0.3, 0.4) is 0 Å². The molecular weight excluding hydrogens is 278 g/mol. The summed E-state index contributed by atoms with van der Waals surface area (Å²) in [6.07, 6.45) is 0. The minimum atomic E-state index is 0.778. The molecule has 104 valence electrons. The normalized spacial score (nSPS) is 11.2. The van der Waals surface area contributed by atoms with E-state index >= 15 is 0 Å². The summed E-state index contributed by atoms with van der Waals surface area (Å²) in [7, 11) is 0. The summed E-state index contributed by atoms with van der Waals surface area (Å²) in [6.45, 7) is 11.0. The first-order valence-corrected chi connectivity index (χ1v) is 7.70. The van der Waals surface area contributed by atoms with E-state index in [0.29, 0.717) is 0 Å². The monoisotopic (exact) mass is 297 g/mol. The van der Waals surface area contributed by atoms with E-state index in [1.165, 1.54) is 15.3 Å². The van der Waals surface area contributed by atoms with Gasteiger partial charge in [-0.05, 0) is 38.9 Å². The maximum Gasteiger partial charge on any atom is 0.0844 e. The number of hydrogen-bond donors (Lipinski definition) is 1. The topological polar surface area (TPSA) is 29.9 Å². The third-order valence-electron chi connectivity index (χ3n) is 3.23. The number of nitrogens with zero attached hydrogens (tertiary/aromatic N) is 2. The second-order valence-corrected chi connectivity index (χ2v) is 6.44. The second kappa shape index (κ2) is 6.07. The number of rotatable bonds is 5.